The number of hydrogen-bond donors (Lipinski definition) is 2. The average molecular weight is 463 g/mol. The van der Waals surface area contributed by atoms with Crippen LogP contribution in [0.25, 0.3) is 0 Å². The van der Waals surface area contributed by atoms with Crippen LogP contribution in [0.3, 0.4) is 0 Å². The van der Waals surface area contributed by atoms with Crippen LogP contribution in [-0.4, -0.2) is 17.1 Å². The van der Waals surface area contributed by atoms with E-state index in [-0.39, 0.29) is 16.7 Å². The van der Waals surface area contributed by atoms with Crippen LogP contribution < -0.4 is 10.6 Å². The van der Waals surface area contributed by atoms with Gasteiger partial charge in [0.2, 0.25) is 5.91 Å². The first-order valence-electron chi connectivity index (χ1n) is 8.91. The molecule has 3 aromatic rings. The molecule has 0 aromatic heterocycles. The fraction of sp³-hybridized carbons (Fsp3) is 0.0909. The fourth-order valence-corrected chi connectivity index (χ4v) is 3.98. The largest absolute Gasteiger partial charge is 0.325 e. The van der Waals surface area contributed by atoms with Gasteiger partial charge in [0.05, 0.1) is 10.8 Å². The molecule has 0 aliphatic rings. The first-order valence-corrected chi connectivity index (χ1v) is 10.5. The second-order valence-corrected chi connectivity index (χ2v) is 8.65. The van der Waals surface area contributed by atoms with Gasteiger partial charge in [-0.3, -0.25) is 9.59 Å². The number of anilines is 2. The van der Waals surface area contributed by atoms with E-state index in [9.17, 15) is 14.0 Å². The Balaban J connectivity index is 1.58. The number of thioether (sulfide) groups is 1. The molecule has 0 heterocycles. The molecule has 1 atom stereocenters. The third-order valence-electron chi connectivity index (χ3n) is 4.04. The Morgan fingerprint density at radius 2 is 1.53 bits per heavy atom. The Labute approximate surface area is 187 Å². The Hall–Kier alpha value is -2.54. The summed E-state index contributed by atoms with van der Waals surface area (Å²) >= 11 is 13.3. The standard InChI is InChI=1S/C22H17Cl2FN2O2S/c1-13(21(28)27-17-11-14(23)10-15(24)12-17)30-18-8-6-16(7-9-18)26-22(29)19-4-2-3-5-20(19)25/h2-13H,1H3,(H,26,29)(H,27,28). The van der Waals surface area contributed by atoms with Crippen LogP contribution in [0.1, 0.15) is 17.3 Å². The van der Waals surface area contributed by atoms with E-state index in [1.54, 1.807) is 55.5 Å². The van der Waals surface area contributed by atoms with E-state index >= 15 is 0 Å². The van der Waals surface area contributed by atoms with Crippen molar-refractivity contribution in [1.82, 2.24) is 0 Å². The Morgan fingerprint density at radius 1 is 0.900 bits per heavy atom. The first-order chi connectivity index (χ1) is 14.3. The summed E-state index contributed by atoms with van der Waals surface area (Å²) in [5.41, 5.74) is 1.02. The van der Waals surface area contributed by atoms with Gasteiger partial charge in [-0.15, -0.1) is 11.8 Å². The molecule has 4 nitrogen and oxygen atoms in total. The molecule has 3 rings (SSSR count). The van der Waals surface area contributed by atoms with Gasteiger partial charge < -0.3 is 10.6 Å². The zero-order valence-corrected chi connectivity index (χ0v) is 18.1. The van der Waals surface area contributed by atoms with Gasteiger partial charge in [-0.25, -0.2) is 4.39 Å². The summed E-state index contributed by atoms with van der Waals surface area (Å²) in [5, 5.41) is 5.92. The molecule has 30 heavy (non-hydrogen) atoms. The number of carbonyl (C=O) groups excluding carboxylic acids is 2. The van der Waals surface area contributed by atoms with E-state index in [0.29, 0.717) is 21.4 Å². The monoisotopic (exact) mass is 462 g/mol. The molecule has 8 heteroatoms. The summed E-state index contributed by atoms with van der Waals surface area (Å²) in [6, 6.07) is 17.6. The highest BCUT2D eigenvalue weighted by molar-refractivity contribution is 8.00. The number of amides is 2. The zero-order chi connectivity index (χ0) is 21.7. The SMILES string of the molecule is CC(Sc1ccc(NC(=O)c2ccccc2F)cc1)C(=O)Nc1cc(Cl)cc(Cl)c1. The number of benzene rings is 3. The van der Waals surface area contributed by atoms with E-state index in [4.69, 9.17) is 23.2 Å². The summed E-state index contributed by atoms with van der Waals surface area (Å²) in [7, 11) is 0. The van der Waals surface area contributed by atoms with Crippen molar-refractivity contribution in [3.05, 3.63) is 88.2 Å². The molecule has 0 bridgehead atoms. The number of rotatable bonds is 6. The third kappa shape index (κ3) is 5.98. The maximum absolute atomic E-state index is 13.7. The summed E-state index contributed by atoms with van der Waals surface area (Å²) in [6.45, 7) is 1.78. The van der Waals surface area contributed by atoms with E-state index < -0.39 is 11.7 Å². The van der Waals surface area contributed by atoms with Gasteiger partial charge in [-0.2, -0.15) is 0 Å². The van der Waals surface area contributed by atoms with Crippen LogP contribution in [0.5, 0.6) is 0 Å². The molecule has 0 saturated carbocycles. The highest BCUT2D eigenvalue weighted by Gasteiger charge is 2.16. The summed E-state index contributed by atoms with van der Waals surface area (Å²) in [4.78, 5) is 25.4. The van der Waals surface area contributed by atoms with Crippen molar-refractivity contribution in [3.8, 4) is 0 Å². The number of halogens is 3. The maximum atomic E-state index is 13.7. The lowest BCUT2D eigenvalue weighted by atomic mass is 10.2. The third-order valence-corrected chi connectivity index (χ3v) is 5.59. The Bertz CT molecular complexity index is 1060. The molecule has 0 fully saturated rings. The van der Waals surface area contributed by atoms with E-state index in [1.807, 2.05) is 0 Å². The quantitative estimate of drug-likeness (QED) is 0.410. The molecule has 154 valence electrons. The Kier molecular flexibility index (Phi) is 7.37. The van der Waals surface area contributed by atoms with Gasteiger partial charge in [-0.1, -0.05) is 35.3 Å². The molecule has 2 N–H and O–H groups in total. The van der Waals surface area contributed by atoms with Crippen LogP contribution >= 0.6 is 35.0 Å². The molecular formula is C22H17Cl2FN2O2S. The summed E-state index contributed by atoms with van der Waals surface area (Å²) < 4.78 is 13.7. The predicted octanol–water partition coefficient (Wildman–Crippen LogP) is 6.50. The van der Waals surface area contributed by atoms with Crippen molar-refractivity contribution in [2.75, 3.05) is 10.6 Å². The van der Waals surface area contributed by atoms with Crippen molar-refractivity contribution in [2.45, 2.75) is 17.1 Å². The second kappa shape index (κ2) is 9.98. The minimum atomic E-state index is -0.581. The van der Waals surface area contributed by atoms with Crippen LogP contribution in [0.2, 0.25) is 10.0 Å². The van der Waals surface area contributed by atoms with Crippen molar-refractivity contribution < 1.29 is 14.0 Å². The van der Waals surface area contributed by atoms with E-state index in [0.717, 1.165) is 4.90 Å². The van der Waals surface area contributed by atoms with Crippen LogP contribution in [-0.2, 0) is 4.79 Å². The highest BCUT2D eigenvalue weighted by Crippen LogP contribution is 2.27. The minimum absolute atomic E-state index is 0.0256. The van der Waals surface area contributed by atoms with Crippen molar-refractivity contribution in [1.29, 1.82) is 0 Å². The van der Waals surface area contributed by atoms with E-state index in [2.05, 4.69) is 10.6 Å². The lowest BCUT2D eigenvalue weighted by molar-refractivity contribution is -0.115. The lowest BCUT2D eigenvalue weighted by Crippen LogP contribution is -2.22. The molecule has 0 aliphatic carbocycles. The van der Waals surface area contributed by atoms with E-state index in [1.165, 1.54) is 30.0 Å². The normalized spacial score (nSPS) is 11.6. The van der Waals surface area contributed by atoms with Gasteiger partial charge in [0.1, 0.15) is 5.82 Å². The van der Waals surface area contributed by atoms with Gasteiger partial charge in [-0.05, 0) is 61.5 Å². The highest BCUT2D eigenvalue weighted by atomic mass is 35.5. The fourth-order valence-electron chi connectivity index (χ4n) is 2.59. The molecule has 0 aliphatic heterocycles. The zero-order valence-electron chi connectivity index (χ0n) is 15.8. The molecule has 2 amide bonds. The van der Waals surface area contributed by atoms with Gasteiger partial charge in [0.15, 0.2) is 0 Å². The number of carbonyl (C=O) groups is 2. The smallest absolute Gasteiger partial charge is 0.258 e. The lowest BCUT2D eigenvalue weighted by Gasteiger charge is -2.13. The first kappa shape index (κ1) is 22.2. The number of nitrogens with one attached hydrogen (secondary N) is 2. The van der Waals surface area contributed by atoms with Crippen LogP contribution in [0, 0.1) is 5.82 Å². The molecular weight excluding hydrogens is 446 g/mol. The predicted molar refractivity (Wildman–Crippen MR) is 121 cm³/mol. The molecule has 1 unspecified atom stereocenters. The summed E-state index contributed by atoms with van der Waals surface area (Å²) in [5.74, 6) is -1.31. The van der Waals surface area contributed by atoms with Crippen molar-refractivity contribution in [3.63, 3.8) is 0 Å². The van der Waals surface area contributed by atoms with Gasteiger partial charge >= 0.3 is 0 Å². The van der Waals surface area contributed by atoms with Crippen LogP contribution in [0.15, 0.2) is 71.6 Å². The number of hydrogen-bond acceptors (Lipinski definition) is 3. The molecule has 3 aromatic carbocycles. The molecule has 0 saturated heterocycles. The Morgan fingerprint density at radius 3 is 2.17 bits per heavy atom. The molecule has 0 radical (unpaired) electrons. The summed E-state index contributed by atoms with van der Waals surface area (Å²) in [6.07, 6.45) is 0. The molecule has 0 spiro atoms. The second-order valence-electron chi connectivity index (χ2n) is 6.37. The maximum Gasteiger partial charge on any atom is 0.258 e. The van der Waals surface area contributed by atoms with Gasteiger partial charge in [0.25, 0.3) is 5.91 Å². The average Bonchev–Trinajstić information content (AvgIpc) is 2.69. The van der Waals surface area contributed by atoms with Gasteiger partial charge in [0, 0.05) is 26.3 Å². The topological polar surface area (TPSA) is 58.2 Å². The van der Waals surface area contributed by atoms with Crippen molar-refractivity contribution >= 4 is 58.2 Å². The van der Waals surface area contributed by atoms with Crippen molar-refractivity contribution in [2.24, 2.45) is 0 Å². The minimum Gasteiger partial charge on any atom is -0.325 e. The van der Waals surface area contributed by atoms with Crippen LogP contribution in [0.4, 0.5) is 15.8 Å².